The first kappa shape index (κ1) is 25.8. The van der Waals surface area contributed by atoms with E-state index in [4.69, 9.17) is 9.84 Å². The van der Waals surface area contributed by atoms with Gasteiger partial charge in [-0.1, -0.05) is 6.92 Å². The Balaban J connectivity index is 2.04. The van der Waals surface area contributed by atoms with Crippen LogP contribution < -0.4 is 15.0 Å². The minimum Gasteiger partial charge on any atom is -0.493 e. The number of ether oxygens (including phenoxy) is 1. The van der Waals surface area contributed by atoms with Crippen molar-refractivity contribution in [2.45, 2.75) is 38.5 Å². The van der Waals surface area contributed by atoms with Crippen LogP contribution in [0.15, 0.2) is 27.9 Å². The van der Waals surface area contributed by atoms with Crippen molar-refractivity contribution in [1.82, 2.24) is 29.2 Å². The fraction of sp³-hybridized carbons (Fsp3) is 0.500. The van der Waals surface area contributed by atoms with Crippen LogP contribution in [0.1, 0.15) is 31.8 Å². The van der Waals surface area contributed by atoms with Crippen LogP contribution in [0.5, 0.6) is 5.75 Å². The summed E-state index contributed by atoms with van der Waals surface area (Å²) < 4.78 is 35.6. The number of imidazole rings is 1. The molecule has 12 heteroatoms. The highest BCUT2D eigenvalue weighted by Crippen LogP contribution is 2.30. The maximum absolute atomic E-state index is 12.9. The molecule has 0 aliphatic carbocycles. The molecule has 2 aromatic heterocycles. The van der Waals surface area contributed by atoms with E-state index in [0.717, 1.165) is 6.42 Å². The van der Waals surface area contributed by atoms with E-state index in [-0.39, 0.29) is 29.4 Å². The Hall–Kier alpha value is -2.80. The number of aliphatic hydroxyl groups is 1. The van der Waals surface area contributed by atoms with Crippen LogP contribution in [0.2, 0.25) is 0 Å². The summed E-state index contributed by atoms with van der Waals surface area (Å²) in [4.78, 5) is 21.9. The quantitative estimate of drug-likeness (QED) is 0.339. The van der Waals surface area contributed by atoms with E-state index < -0.39 is 10.0 Å². The Labute approximate surface area is 198 Å². The molecule has 186 valence electrons. The lowest BCUT2D eigenvalue weighted by Crippen LogP contribution is -2.34. The molecule has 3 N–H and O–H groups in total. The number of H-pyrrole nitrogens is 1. The standard InChI is InChI=1S/C22H32N6O5S/c1-5-7-19-24-15(3)20-22(30)25-21(26-28(19)20)17-14-16(8-9-18(17)33-6-2)34(31,32)23-10-11-27(4)12-13-29/h8-9,14,23,29H,5-7,10-13H2,1-4H3,(H,25,26,30). The van der Waals surface area contributed by atoms with Gasteiger partial charge in [0, 0.05) is 26.1 Å². The second-order valence-corrected chi connectivity index (χ2v) is 9.71. The molecule has 0 radical (unpaired) electrons. The van der Waals surface area contributed by atoms with Gasteiger partial charge in [0.2, 0.25) is 10.0 Å². The number of hydrogen-bond donors (Lipinski definition) is 3. The number of sulfonamides is 1. The van der Waals surface area contributed by atoms with E-state index in [2.05, 4.69) is 19.8 Å². The van der Waals surface area contributed by atoms with Crippen molar-refractivity contribution >= 4 is 15.5 Å². The van der Waals surface area contributed by atoms with Gasteiger partial charge in [0.1, 0.15) is 11.6 Å². The summed E-state index contributed by atoms with van der Waals surface area (Å²) in [6.45, 7) is 7.01. The van der Waals surface area contributed by atoms with Gasteiger partial charge in [-0.05, 0) is 45.5 Å². The number of aromatic amines is 1. The number of rotatable bonds is 12. The number of nitrogens with one attached hydrogen (secondary N) is 2. The van der Waals surface area contributed by atoms with E-state index >= 15 is 0 Å². The molecule has 1 aromatic carbocycles. The molecular weight excluding hydrogens is 460 g/mol. The first-order valence-corrected chi connectivity index (χ1v) is 12.7. The molecule has 0 aliphatic heterocycles. The average Bonchev–Trinajstić information content (AvgIpc) is 3.10. The van der Waals surface area contributed by atoms with Crippen LogP contribution in [0.3, 0.4) is 0 Å². The van der Waals surface area contributed by atoms with Gasteiger partial charge in [-0.25, -0.2) is 22.6 Å². The maximum atomic E-state index is 12.9. The summed E-state index contributed by atoms with van der Waals surface area (Å²) >= 11 is 0. The number of benzene rings is 1. The van der Waals surface area contributed by atoms with Gasteiger partial charge in [0.15, 0.2) is 11.3 Å². The molecule has 11 nitrogen and oxygen atoms in total. The van der Waals surface area contributed by atoms with Crippen molar-refractivity contribution in [2.24, 2.45) is 0 Å². The fourth-order valence-electron chi connectivity index (χ4n) is 3.62. The molecule has 0 saturated heterocycles. The lowest BCUT2D eigenvalue weighted by atomic mass is 10.2. The zero-order chi connectivity index (χ0) is 24.9. The molecule has 34 heavy (non-hydrogen) atoms. The Bertz CT molecular complexity index is 1300. The number of aryl methyl sites for hydroxylation is 2. The van der Waals surface area contributed by atoms with E-state index in [1.807, 2.05) is 18.7 Å². The second-order valence-electron chi connectivity index (χ2n) is 7.94. The minimum absolute atomic E-state index is 0.00252. The van der Waals surface area contributed by atoms with E-state index in [1.54, 1.807) is 20.0 Å². The summed E-state index contributed by atoms with van der Waals surface area (Å²) in [5, 5.41) is 13.6. The lowest BCUT2D eigenvalue weighted by Gasteiger charge is -2.16. The number of aliphatic hydroxyl groups excluding tert-OH is 1. The highest BCUT2D eigenvalue weighted by atomic mass is 32.2. The summed E-state index contributed by atoms with van der Waals surface area (Å²) in [5.41, 5.74) is 0.941. The number of hydrogen-bond acceptors (Lipinski definition) is 8. The number of nitrogens with zero attached hydrogens (tertiary/aromatic N) is 4. The number of likely N-dealkylation sites (N-methyl/N-ethyl adjacent to an activating group) is 1. The zero-order valence-corrected chi connectivity index (χ0v) is 20.8. The summed E-state index contributed by atoms with van der Waals surface area (Å²) in [7, 11) is -2.04. The molecule has 3 aromatic rings. The highest BCUT2D eigenvalue weighted by molar-refractivity contribution is 7.89. The Morgan fingerprint density at radius 2 is 2.03 bits per heavy atom. The molecule has 0 amide bonds. The highest BCUT2D eigenvalue weighted by Gasteiger charge is 2.21. The SMILES string of the molecule is CCCc1nc(C)c2c(=O)[nH]c(-c3cc(S(=O)(=O)NCCN(C)CCO)ccc3OCC)nn12. The summed E-state index contributed by atoms with van der Waals surface area (Å²) in [6.07, 6.45) is 1.48. The Morgan fingerprint density at radius 1 is 1.26 bits per heavy atom. The topological polar surface area (TPSA) is 142 Å². The lowest BCUT2D eigenvalue weighted by molar-refractivity contribution is 0.223. The van der Waals surface area contributed by atoms with E-state index in [9.17, 15) is 13.2 Å². The van der Waals surface area contributed by atoms with Crippen LogP contribution in [0.25, 0.3) is 16.9 Å². The van der Waals surface area contributed by atoms with Crippen molar-refractivity contribution < 1.29 is 18.3 Å². The van der Waals surface area contributed by atoms with Crippen molar-refractivity contribution in [3.8, 4) is 17.1 Å². The smallest absolute Gasteiger partial charge is 0.277 e. The van der Waals surface area contributed by atoms with Crippen molar-refractivity contribution in [3.05, 3.63) is 40.1 Å². The predicted molar refractivity (Wildman–Crippen MR) is 129 cm³/mol. The molecule has 0 saturated carbocycles. The largest absolute Gasteiger partial charge is 0.493 e. The Kier molecular flexibility index (Phi) is 8.42. The summed E-state index contributed by atoms with van der Waals surface area (Å²) in [6, 6.07) is 4.45. The maximum Gasteiger partial charge on any atom is 0.277 e. The second kappa shape index (κ2) is 11.1. The van der Waals surface area contributed by atoms with Gasteiger partial charge in [0.25, 0.3) is 5.56 Å². The van der Waals surface area contributed by atoms with Crippen LogP contribution in [-0.2, 0) is 16.4 Å². The van der Waals surface area contributed by atoms with Crippen LogP contribution in [-0.4, -0.2) is 77.9 Å². The average molecular weight is 493 g/mol. The fourth-order valence-corrected chi connectivity index (χ4v) is 4.67. The van der Waals surface area contributed by atoms with E-state index in [1.165, 1.54) is 16.6 Å². The van der Waals surface area contributed by atoms with Crippen LogP contribution in [0.4, 0.5) is 0 Å². The predicted octanol–water partition coefficient (Wildman–Crippen LogP) is 0.947. The molecule has 0 unspecified atom stereocenters. The molecule has 2 heterocycles. The monoisotopic (exact) mass is 492 g/mol. The normalized spacial score (nSPS) is 12.1. The van der Waals surface area contributed by atoms with Crippen molar-refractivity contribution in [2.75, 3.05) is 39.9 Å². The first-order valence-electron chi connectivity index (χ1n) is 11.3. The van der Waals surface area contributed by atoms with Gasteiger partial charge in [-0.3, -0.25) is 4.79 Å². The molecule has 0 spiro atoms. The zero-order valence-electron chi connectivity index (χ0n) is 20.0. The van der Waals surface area contributed by atoms with Crippen LogP contribution >= 0.6 is 0 Å². The molecule has 0 aliphatic rings. The molecule has 0 bridgehead atoms. The number of aromatic nitrogens is 4. The third-order valence-corrected chi connectivity index (χ3v) is 6.76. The minimum atomic E-state index is -3.83. The van der Waals surface area contributed by atoms with Gasteiger partial charge in [-0.2, -0.15) is 0 Å². The van der Waals surface area contributed by atoms with Crippen molar-refractivity contribution in [1.29, 1.82) is 0 Å². The third kappa shape index (κ3) is 5.63. The molecular formula is C22H32N6O5S. The first-order chi connectivity index (χ1) is 16.2. The number of fused-ring (bicyclic) bond motifs is 1. The Morgan fingerprint density at radius 3 is 2.71 bits per heavy atom. The van der Waals surface area contributed by atoms with Crippen molar-refractivity contribution in [3.63, 3.8) is 0 Å². The molecule has 0 atom stereocenters. The summed E-state index contributed by atoms with van der Waals surface area (Å²) in [5.74, 6) is 1.26. The third-order valence-electron chi connectivity index (χ3n) is 5.30. The van der Waals surface area contributed by atoms with Gasteiger partial charge in [0.05, 0.1) is 29.4 Å². The van der Waals surface area contributed by atoms with Gasteiger partial charge >= 0.3 is 0 Å². The van der Waals surface area contributed by atoms with Gasteiger partial charge < -0.3 is 19.7 Å². The van der Waals surface area contributed by atoms with Crippen LogP contribution in [0, 0.1) is 6.92 Å². The van der Waals surface area contributed by atoms with E-state index in [0.29, 0.717) is 54.5 Å². The molecule has 0 fully saturated rings. The molecule has 3 rings (SSSR count). The van der Waals surface area contributed by atoms with Gasteiger partial charge in [-0.15, -0.1) is 5.10 Å².